The van der Waals surface area contributed by atoms with Crippen LogP contribution in [0.4, 0.5) is 5.69 Å². The van der Waals surface area contributed by atoms with E-state index in [9.17, 15) is 14.4 Å². The highest BCUT2D eigenvalue weighted by Crippen LogP contribution is 2.37. The van der Waals surface area contributed by atoms with Gasteiger partial charge >= 0.3 is 0 Å². The van der Waals surface area contributed by atoms with Crippen LogP contribution < -0.4 is 5.32 Å². The highest BCUT2D eigenvalue weighted by atomic mass is 16.2. The second kappa shape index (κ2) is 6.38. The van der Waals surface area contributed by atoms with Gasteiger partial charge in [0, 0.05) is 5.69 Å². The van der Waals surface area contributed by atoms with Crippen molar-refractivity contribution in [3.63, 3.8) is 0 Å². The zero-order valence-corrected chi connectivity index (χ0v) is 14.5. The first-order valence-electron chi connectivity index (χ1n) is 8.61. The summed E-state index contributed by atoms with van der Waals surface area (Å²) in [4.78, 5) is 38.4. The molecule has 128 valence electrons. The summed E-state index contributed by atoms with van der Waals surface area (Å²) in [6.45, 7) is 5.71. The van der Waals surface area contributed by atoms with Crippen LogP contribution in [0.1, 0.15) is 42.4 Å². The largest absolute Gasteiger partial charge is 0.324 e. The average molecular weight is 328 g/mol. The smallest absolute Gasteiger partial charge is 0.244 e. The molecule has 1 aliphatic heterocycles. The molecule has 0 bridgehead atoms. The van der Waals surface area contributed by atoms with Gasteiger partial charge in [0.05, 0.1) is 11.8 Å². The van der Waals surface area contributed by atoms with E-state index in [4.69, 9.17) is 0 Å². The number of hydrogen-bond donors (Lipinski definition) is 1. The third-order valence-corrected chi connectivity index (χ3v) is 5.18. The summed E-state index contributed by atoms with van der Waals surface area (Å²) in [5, 5.41) is 2.87. The van der Waals surface area contributed by atoms with E-state index in [1.54, 1.807) is 0 Å². The predicted molar refractivity (Wildman–Crippen MR) is 91.5 cm³/mol. The number of rotatable bonds is 3. The maximum atomic E-state index is 12.4. The lowest BCUT2D eigenvalue weighted by molar-refractivity contribution is -0.142. The Labute approximate surface area is 142 Å². The zero-order chi connectivity index (χ0) is 17.4. The number of benzene rings is 1. The van der Waals surface area contributed by atoms with Gasteiger partial charge in [-0.05, 0) is 44.7 Å². The molecule has 1 aliphatic carbocycles. The minimum Gasteiger partial charge on any atom is -0.324 e. The first-order chi connectivity index (χ1) is 11.4. The van der Waals surface area contributed by atoms with E-state index in [0.29, 0.717) is 0 Å². The van der Waals surface area contributed by atoms with E-state index in [1.165, 1.54) is 0 Å². The molecule has 1 saturated heterocycles. The molecule has 0 unspecified atom stereocenters. The fourth-order valence-electron chi connectivity index (χ4n) is 4.09. The summed E-state index contributed by atoms with van der Waals surface area (Å²) in [5.74, 6) is -1.07. The van der Waals surface area contributed by atoms with Gasteiger partial charge in [0.25, 0.3) is 0 Å². The SMILES string of the molecule is Cc1cc(C)c(NC(=O)CN2C(=O)[C@H]3CCCC[C@H]3C2=O)c(C)c1. The van der Waals surface area contributed by atoms with Crippen LogP contribution in [-0.4, -0.2) is 29.2 Å². The summed E-state index contributed by atoms with van der Waals surface area (Å²) in [6.07, 6.45) is 3.51. The second-order valence-electron chi connectivity index (χ2n) is 7.08. The quantitative estimate of drug-likeness (QED) is 0.868. The Hall–Kier alpha value is -2.17. The monoisotopic (exact) mass is 328 g/mol. The number of likely N-dealkylation sites (tertiary alicyclic amines) is 1. The Morgan fingerprint density at radius 3 is 2.04 bits per heavy atom. The summed E-state index contributed by atoms with van der Waals surface area (Å²) in [7, 11) is 0. The van der Waals surface area contributed by atoms with Crippen molar-refractivity contribution in [3.05, 3.63) is 28.8 Å². The van der Waals surface area contributed by atoms with Crippen molar-refractivity contribution < 1.29 is 14.4 Å². The molecule has 5 nitrogen and oxygen atoms in total. The maximum Gasteiger partial charge on any atom is 0.244 e. The molecule has 1 N–H and O–H groups in total. The molecule has 0 aromatic heterocycles. The van der Waals surface area contributed by atoms with Gasteiger partial charge in [-0.25, -0.2) is 0 Å². The molecule has 3 amide bonds. The van der Waals surface area contributed by atoms with E-state index in [0.717, 1.165) is 53.0 Å². The van der Waals surface area contributed by atoms with Crippen LogP contribution in [0.25, 0.3) is 0 Å². The Kier molecular flexibility index (Phi) is 4.43. The number of anilines is 1. The highest BCUT2D eigenvalue weighted by Gasteiger charge is 2.48. The molecule has 1 aromatic carbocycles. The standard InChI is InChI=1S/C19H24N2O3/c1-11-8-12(2)17(13(3)9-11)20-16(22)10-21-18(23)14-6-4-5-7-15(14)19(21)24/h8-9,14-15H,4-7,10H2,1-3H3,(H,20,22)/t14-,15+. The Morgan fingerprint density at radius 2 is 1.54 bits per heavy atom. The zero-order valence-electron chi connectivity index (χ0n) is 14.5. The van der Waals surface area contributed by atoms with Crippen LogP contribution in [0.2, 0.25) is 0 Å². The van der Waals surface area contributed by atoms with E-state index in [1.807, 2.05) is 32.9 Å². The fourth-order valence-corrected chi connectivity index (χ4v) is 4.09. The minimum absolute atomic E-state index is 0.169. The first kappa shape index (κ1) is 16.7. The average Bonchev–Trinajstić information content (AvgIpc) is 2.76. The summed E-state index contributed by atoms with van der Waals surface area (Å²) in [5.41, 5.74) is 3.86. The van der Waals surface area contributed by atoms with Crippen LogP contribution in [0.15, 0.2) is 12.1 Å². The van der Waals surface area contributed by atoms with Gasteiger partial charge < -0.3 is 5.32 Å². The third-order valence-electron chi connectivity index (χ3n) is 5.18. The Bertz CT molecular complexity index is 664. The lowest BCUT2D eigenvalue weighted by Gasteiger charge is -2.19. The topological polar surface area (TPSA) is 66.5 Å². The van der Waals surface area contributed by atoms with E-state index < -0.39 is 0 Å². The van der Waals surface area contributed by atoms with Crippen molar-refractivity contribution in [2.45, 2.75) is 46.5 Å². The van der Waals surface area contributed by atoms with Crippen molar-refractivity contribution in [1.82, 2.24) is 4.90 Å². The third kappa shape index (κ3) is 2.95. The van der Waals surface area contributed by atoms with Crippen molar-refractivity contribution in [1.29, 1.82) is 0 Å². The van der Waals surface area contributed by atoms with Crippen molar-refractivity contribution >= 4 is 23.4 Å². The number of hydrogen-bond acceptors (Lipinski definition) is 3. The Morgan fingerprint density at radius 1 is 1.04 bits per heavy atom. The van der Waals surface area contributed by atoms with Gasteiger partial charge in [0.15, 0.2) is 0 Å². The van der Waals surface area contributed by atoms with Gasteiger partial charge in [-0.1, -0.05) is 30.5 Å². The van der Waals surface area contributed by atoms with E-state index in [2.05, 4.69) is 5.32 Å². The van der Waals surface area contributed by atoms with E-state index in [-0.39, 0.29) is 36.1 Å². The van der Waals surface area contributed by atoms with Gasteiger partial charge in [-0.3, -0.25) is 19.3 Å². The maximum absolute atomic E-state index is 12.4. The number of fused-ring (bicyclic) bond motifs is 1. The number of amides is 3. The van der Waals surface area contributed by atoms with Crippen molar-refractivity contribution in [3.8, 4) is 0 Å². The fraction of sp³-hybridized carbons (Fsp3) is 0.526. The molecule has 2 atom stereocenters. The number of imide groups is 1. The molecule has 5 heteroatoms. The molecule has 0 radical (unpaired) electrons. The molecular weight excluding hydrogens is 304 g/mol. The number of nitrogens with one attached hydrogen (secondary N) is 1. The van der Waals surface area contributed by atoms with Crippen molar-refractivity contribution in [2.75, 3.05) is 11.9 Å². The van der Waals surface area contributed by atoms with Gasteiger partial charge in [-0.15, -0.1) is 0 Å². The van der Waals surface area contributed by atoms with Crippen molar-refractivity contribution in [2.24, 2.45) is 11.8 Å². The molecule has 1 aromatic rings. The summed E-state index contributed by atoms with van der Waals surface area (Å²) < 4.78 is 0. The van der Waals surface area contributed by atoms with E-state index >= 15 is 0 Å². The predicted octanol–water partition coefficient (Wildman–Crippen LogP) is 2.73. The van der Waals surface area contributed by atoms with Crippen LogP contribution >= 0.6 is 0 Å². The normalized spacial score (nSPS) is 23.4. The molecular formula is C19H24N2O3. The molecule has 24 heavy (non-hydrogen) atoms. The second-order valence-corrected chi connectivity index (χ2v) is 7.08. The molecule has 2 fully saturated rings. The molecule has 0 spiro atoms. The molecule has 1 heterocycles. The minimum atomic E-state index is -0.314. The summed E-state index contributed by atoms with van der Waals surface area (Å²) >= 11 is 0. The summed E-state index contributed by atoms with van der Waals surface area (Å²) in [6, 6.07) is 4.01. The number of carbonyl (C=O) groups excluding carboxylic acids is 3. The molecule has 3 rings (SSSR count). The molecule has 1 saturated carbocycles. The molecule has 2 aliphatic rings. The number of nitrogens with zero attached hydrogens (tertiary/aromatic N) is 1. The highest BCUT2D eigenvalue weighted by molar-refractivity contribution is 6.08. The van der Waals surface area contributed by atoms with Crippen LogP contribution in [-0.2, 0) is 14.4 Å². The first-order valence-corrected chi connectivity index (χ1v) is 8.61. The number of carbonyl (C=O) groups is 3. The van der Waals surface area contributed by atoms with Gasteiger partial charge in [0.2, 0.25) is 17.7 Å². The van der Waals surface area contributed by atoms with Crippen LogP contribution in [0, 0.1) is 32.6 Å². The lowest BCUT2D eigenvalue weighted by Crippen LogP contribution is -2.38. The van der Waals surface area contributed by atoms with Gasteiger partial charge in [0.1, 0.15) is 6.54 Å². The Balaban J connectivity index is 1.71. The van der Waals surface area contributed by atoms with Crippen LogP contribution in [0.3, 0.4) is 0 Å². The van der Waals surface area contributed by atoms with Gasteiger partial charge in [-0.2, -0.15) is 0 Å². The number of aryl methyl sites for hydroxylation is 3. The lowest BCUT2D eigenvalue weighted by atomic mass is 9.81. The van der Waals surface area contributed by atoms with Crippen LogP contribution in [0.5, 0.6) is 0 Å².